The summed E-state index contributed by atoms with van der Waals surface area (Å²) in [5.41, 5.74) is 0.323. The highest BCUT2D eigenvalue weighted by Crippen LogP contribution is 2.41. The highest BCUT2D eigenvalue weighted by Gasteiger charge is 2.32. The van der Waals surface area contributed by atoms with E-state index in [9.17, 15) is 14.4 Å². The zero-order chi connectivity index (χ0) is 26.8. The van der Waals surface area contributed by atoms with E-state index in [1.807, 2.05) is 14.1 Å². The van der Waals surface area contributed by atoms with Crippen molar-refractivity contribution in [1.82, 2.24) is 9.80 Å². The summed E-state index contributed by atoms with van der Waals surface area (Å²) >= 11 is 0. The Morgan fingerprint density at radius 3 is 1.75 bits per heavy atom. The average molecular weight is 511 g/mol. The van der Waals surface area contributed by atoms with E-state index in [1.165, 1.54) is 39.9 Å². The van der Waals surface area contributed by atoms with Crippen LogP contribution >= 0.6 is 0 Å². The van der Waals surface area contributed by atoms with Crippen LogP contribution in [-0.4, -0.2) is 82.0 Å². The van der Waals surface area contributed by atoms with E-state index in [2.05, 4.69) is 16.7 Å². The van der Waals surface area contributed by atoms with E-state index in [1.54, 1.807) is 0 Å². The number of hydrogen-bond donors (Lipinski definition) is 0. The molecule has 7 nitrogen and oxygen atoms in total. The molecule has 0 saturated heterocycles. The second kappa shape index (κ2) is 18.7. The molecule has 0 radical (unpaired) electrons. The lowest BCUT2D eigenvalue weighted by molar-refractivity contribution is -0.141. The molecule has 0 unspecified atom stereocenters. The fourth-order valence-electron chi connectivity index (χ4n) is 5.24. The maximum Gasteiger partial charge on any atom is 0.305 e. The first-order valence-corrected chi connectivity index (χ1v) is 14.2. The third kappa shape index (κ3) is 15.6. The minimum Gasteiger partial charge on any atom is -0.469 e. The van der Waals surface area contributed by atoms with Crippen molar-refractivity contribution in [3.8, 4) is 0 Å². The summed E-state index contributed by atoms with van der Waals surface area (Å²) in [6.45, 7) is 6.50. The lowest BCUT2D eigenvalue weighted by Gasteiger charge is -2.41. The Morgan fingerprint density at radius 2 is 1.28 bits per heavy atom. The first-order chi connectivity index (χ1) is 17.2. The number of nitrogens with zero attached hydrogens (tertiary/aromatic N) is 2. The predicted octanol–water partition coefficient (Wildman–Crippen LogP) is 5.25. The zero-order valence-corrected chi connectivity index (χ0v) is 23.9. The standard InChI is InChI=1S/C29H54N2O5/c1-29(19-16-25(17-20-29)14-15-26(32)18-23-30(2)3)24-31(21-10-6-8-12-27(33)35-4)22-11-7-9-13-28(34)36-5/h25H,6-24H2,1-5H3. The van der Waals surface area contributed by atoms with Crippen LogP contribution in [0, 0.1) is 11.3 Å². The van der Waals surface area contributed by atoms with Gasteiger partial charge in [0, 0.05) is 38.8 Å². The Labute approximate surface area is 220 Å². The molecule has 210 valence electrons. The number of ketones is 1. The largest absolute Gasteiger partial charge is 0.469 e. The van der Waals surface area contributed by atoms with Crippen molar-refractivity contribution >= 4 is 17.7 Å². The van der Waals surface area contributed by atoms with Gasteiger partial charge in [-0.25, -0.2) is 0 Å². The lowest BCUT2D eigenvalue weighted by Crippen LogP contribution is -2.39. The van der Waals surface area contributed by atoms with Gasteiger partial charge >= 0.3 is 11.9 Å². The molecule has 0 aromatic rings. The van der Waals surface area contributed by atoms with Crippen molar-refractivity contribution in [2.24, 2.45) is 11.3 Å². The molecular formula is C29H54N2O5. The second-order valence-corrected chi connectivity index (χ2v) is 11.4. The molecule has 1 saturated carbocycles. The van der Waals surface area contributed by atoms with Gasteiger partial charge in [0.25, 0.3) is 0 Å². The minimum absolute atomic E-state index is 0.124. The summed E-state index contributed by atoms with van der Waals surface area (Å²) in [7, 11) is 6.93. The van der Waals surface area contributed by atoms with Gasteiger partial charge in [0.1, 0.15) is 5.78 Å². The average Bonchev–Trinajstić information content (AvgIpc) is 2.85. The molecule has 0 aromatic carbocycles. The van der Waals surface area contributed by atoms with Crippen LogP contribution < -0.4 is 0 Å². The molecule has 0 aromatic heterocycles. The summed E-state index contributed by atoms with van der Waals surface area (Å²) < 4.78 is 9.50. The Kier molecular flexibility index (Phi) is 16.9. The van der Waals surface area contributed by atoms with Crippen molar-refractivity contribution < 1.29 is 23.9 Å². The van der Waals surface area contributed by atoms with Crippen molar-refractivity contribution in [2.75, 3.05) is 54.5 Å². The summed E-state index contributed by atoms with van der Waals surface area (Å²) in [4.78, 5) is 39.6. The fourth-order valence-corrected chi connectivity index (χ4v) is 5.24. The van der Waals surface area contributed by atoms with Gasteiger partial charge in [0.15, 0.2) is 0 Å². The minimum atomic E-state index is -0.124. The summed E-state index contributed by atoms with van der Waals surface area (Å²) in [6, 6.07) is 0. The van der Waals surface area contributed by atoms with Gasteiger partial charge in [0.2, 0.25) is 0 Å². The molecule has 0 heterocycles. The van der Waals surface area contributed by atoms with E-state index in [-0.39, 0.29) is 11.9 Å². The first kappa shape index (κ1) is 32.6. The Morgan fingerprint density at radius 1 is 0.750 bits per heavy atom. The Hall–Kier alpha value is -1.47. The van der Waals surface area contributed by atoms with E-state index >= 15 is 0 Å². The topological polar surface area (TPSA) is 76.1 Å². The highest BCUT2D eigenvalue weighted by molar-refractivity contribution is 5.78. The molecule has 7 heteroatoms. The van der Waals surface area contributed by atoms with Crippen LogP contribution in [0.2, 0.25) is 0 Å². The molecule has 0 aliphatic heterocycles. The Balaban J connectivity index is 2.45. The quantitative estimate of drug-likeness (QED) is 0.163. The van der Waals surface area contributed by atoms with Crippen molar-refractivity contribution in [2.45, 2.75) is 103 Å². The summed E-state index contributed by atoms with van der Waals surface area (Å²) in [5.74, 6) is 0.844. The lowest BCUT2D eigenvalue weighted by atomic mass is 9.70. The maximum atomic E-state index is 12.2. The van der Waals surface area contributed by atoms with E-state index in [0.717, 1.165) is 77.5 Å². The Bertz CT molecular complexity index is 603. The summed E-state index contributed by atoms with van der Waals surface area (Å²) in [6.07, 6.45) is 14.4. The van der Waals surface area contributed by atoms with E-state index in [0.29, 0.717) is 36.4 Å². The number of rotatable bonds is 20. The number of Topliss-reactive ketones (excluding diaryl/α,β-unsaturated/α-hetero) is 1. The third-order valence-electron chi connectivity index (χ3n) is 7.75. The molecule has 0 N–H and O–H groups in total. The number of carbonyl (C=O) groups is 3. The predicted molar refractivity (Wildman–Crippen MR) is 145 cm³/mol. The van der Waals surface area contributed by atoms with Gasteiger partial charge in [-0.2, -0.15) is 0 Å². The number of ether oxygens (including phenoxy) is 2. The van der Waals surface area contributed by atoms with Gasteiger partial charge in [-0.3, -0.25) is 14.4 Å². The fraction of sp³-hybridized carbons (Fsp3) is 0.897. The zero-order valence-electron chi connectivity index (χ0n) is 23.9. The number of hydrogen-bond acceptors (Lipinski definition) is 7. The number of carbonyl (C=O) groups excluding carboxylic acids is 3. The molecule has 1 fully saturated rings. The molecule has 1 aliphatic carbocycles. The van der Waals surface area contributed by atoms with E-state index < -0.39 is 0 Å². The van der Waals surface area contributed by atoms with Crippen molar-refractivity contribution in [3.05, 3.63) is 0 Å². The molecule has 1 aliphatic rings. The molecule has 0 spiro atoms. The first-order valence-electron chi connectivity index (χ1n) is 14.2. The van der Waals surface area contributed by atoms with Crippen LogP contribution in [0.1, 0.15) is 103 Å². The number of unbranched alkanes of at least 4 members (excludes halogenated alkanes) is 4. The molecular weight excluding hydrogens is 456 g/mol. The number of esters is 2. The molecule has 0 bridgehead atoms. The van der Waals surface area contributed by atoms with Gasteiger partial charge in [-0.05, 0) is 96.3 Å². The smallest absolute Gasteiger partial charge is 0.305 e. The third-order valence-corrected chi connectivity index (χ3v) is 7.75. The van der Waals surface area contributed by atoms with Crippen LogP contribution in [0.4, 0.5) is 0 Å². The van der Waals surface area contributed by atoms with Crippen LogP contribution in [-0.2, 0) is 23.9 Å². The second-order valence-electron chi connectivity index (χ2n) is 11.4. The normalized spacial score (nSPS) is 20.0. The summed E-state index contributed by atoms with van der Waals surface area (Å²) in [5, 5.41) is 0. The number of methoxy groups -OCH3 is 2. The SMILES string of the molecule is COC(=O)CCCCCN(CCCCCC(=O)OC)CC1(C)CCC(CCC(=O)CCN(C)C)CC1. The molecule has 1 rings (SSSR count). The highest BCUT2D eigenvalue weighted by atomic mass is 16.5. The monoisotopic (exact) mass is 510 g/mol. The van der Waals surface area contributed by atoms with Gasteiger partial charge < -0.3 is 19.3 Å². The van der Waals surface area contributed by atoms with Crippen molar-refractivity contribution in [3.63, 3.8) is 0 Å². The van der Waals surface area contributed by atoms with Crippen molar-refractivity contribution in [1.29, 1.82) is 0 Å². The van der Waals surface area contributed by atoms with Crippen LogP contribution in [0.25, 0.3) is 0 Å². The van der Waals surface area contributed by atoms with Gasteiger partial charge in [-0.1, -0.05) is 19.8 Å². The molecule has 36 heavy (non-hydrogen) atoms. The van der Waals surface area contributed by atoms with Gasteiger partial charge in [-0.15, -0.1) is 0 Å². The molecule has 0 amide bonds. The van der Waals surface area contributed by atoms with E-state index in [4.69, 9.17) is 9.47 Å². The van der Waals surface area contributed by atoms with Crippen LogP contribution in [0.15, 0.2) is 0 Å². The van der Waals surface area contributed by atoms with Crippen LogP contribution in [0.3, 0.4) is 0 Å². The van der Waals surface area contributed by atoms with Crippen LogP contribution in [0.5, 0.6) is 0 Å². The van der Waals surface area contributed by atoms with Gasteiger partial charge in [0.05, 0.1) is 14.2 Å². The maximum absolute atomic E-state index is 12.2. The molecule has 0 atom stereocenters.